The predicted molar refractivity (Wildman–Crippen MR) is 110 cm³/mol. The fourth-order valence-corrected chi connectivity index (χ4v) is 3.88. The maximum absolute atomic E-state index is 12.2. The molecule has 0 fully saturated rings. The van der Waals surface area contributed by atoms with Crippen molar-refractivity contribution in [2.75, 3.05) is 6.54 Å². The fraction of sp³-hybridized carbons (Fsp3) is 0.182. The summed E-state index contributed by atoms with van der Waals surface area (Å²) in [5.74, 6) is -0.193. The molecule has 136 valence electrons. The average molecular weight is 375 g/mol. The Morgan fingerprint density at radius 1 is 1.07 bits per heavy atom. The quantitative estimate of drug-likeness (QED) is 0.540. The Morgan fingerprint density at radius 2 is 1.89 bits per heavy atom. The number of carbonyl (C=O) groups is 1. The molecule has 0 saturated carbocycles. The molecule has 4 nitrogen and oxygen atoms in total. The lowest BCUT2D eigenvalue weighted by molar-refractivity contribution is 0.0955. The van der Waals surface area contributed by atoms with Crippen molar-refractivity contribution in [3.05, 3.63) is 93.2 Å². The molecule has 1 N–H and O–H groups in total. The molecule has 2 heterocycles. The monoisotopic (exact) mass is 375 g/mol. The number of thiophene rings is 1. The van der Waals surface area contributed by atoms with Gasteiger partial charge in [-0.25, -0.2) is 5.43 Å². The standard InChI is InChI=1S/C22H21N3OS/c26-22(24-23-14-21-6-3-13-27-21)19-9-7-17(8-10-19)15-25-12-11-18-4-1-2-5-20(18)16-25/h1-10,13-14H,11-12,15-16H2,(H,24,26)/b23-14+. The van der Waals surface area contributed by atoms with Crippen LogP contribution in [0.3, 0.4) is 0 Å². The van der Waals surface area contributed by atoms with Crippen molar-refractivity contribution in [1.29, 1.82) is 0 Å². The van der Waals surface area contributed by atoms with Crippen LogP contribution >= 0.6 is 11.3 Å². The molecule has 0 unspecified atom stereocenters. The Balaban J connectivity index is 1.33. The highest BCUT2D eigenvalue weighted by atomic mass is 32.1. The van der Waals surface area contributed by atoms with Crippen LogP contribution in [0.2, 0.25) is 0 Å². The van der Waals surface area contributed by atoms with Crippen molar-refractivity contribution in [1.82, 2.24) is 10.3 Å². The summed E-state index contributed by atoms with van der Waals surface area (Å²) in [5, 5.41) is 5.98. The summed E-state index contributed by atoms with van der Waals surface area (Å²) in [5.41, 5.74) is 7.29. The van der Waals surface area contributed by atoms with Crippen molar-refractivity contribution < 1.29 is 4.79 Å². The van der Waals surface area contributed by atoms with Crippen LogP contribution in [-0.4, -0.2) is 23.6 Å². The highest BCUT2D eigenvalue weighted by Crippen LogP contribution is 2.20. The van der Waals surface area contributed by atoms with E-state index in [4.69, 9.17) is 0 Å². The van der Waals surface area contributed by atoms with E-state index in [1.807, 2.05) is 41.8 Å². The van der Waals surface area contributed by atoms with E-state index in [1.165, 1.54) is 16.7 Å². The first-order valence-electron chi connectivity index (χ1n) is 9.03. The van der Waals surface area contributed by atoms with E-state index >= 15 is 0 Å². The van der Waals surface area contributed by atoms with Crippen LogP contribution in [0.1, 0.15) is 31.9 Å². The van der Waals surface area contributed by atoms with E-state index in [2.05, 4.69) is 39.7 Å². The van der Waals surface area contributed by atoms with Gasteiger partial charge in [0, 0.05) is 30.1 Å². The van der Waals surface area contributed by atoms with Crippen LogP contribution in [0.5, 0.6) is 0 Å². The SMILES string of the molecule is O=C(N/N=C/c1cccs1)c1ccc(CN2CCc3ccccc3C2)cc1. The smallest absolute Gasteiger partial charge is 0.271 e. The maximum Gasteiger partial charge on any atom is 0.271 e. The summed E-state index contributed by atoms with van der Waals surface area (Å²) in [4.78, 5) is 15.6. The van der Waals surface area contributed by atoms with Crippen molar-refractivity contribution in [3.63, 3.8) is 0 Å². The van der Waals surface area contributed by atoms with E-state index in [1.54, 1.807) is 17.6 Å². The molecule has 0 radical (unpaired) electrons. The molecule has 4 rings (SSSR count). The van der Waals surface area contributed by atoms with Crippen molar-refractivity contribution in [3.8, 4) is 0 Å². The first kappa shape index (κ1) is 17.6. The van der Waals surface area contributed by atoms with E-state index in [0.717, 1.165) is 30.9 Å². The third-order valence-corrected chi connectivity index (χ3v) is 5.54. The lowest BCUT2D eigenvalue weighted by atomic mass is 9.99. The minimum atomic E-state index is -0.193. The number of carbonyl (C=O) groups excluding carboxylic acids is 1. The highest BCUT2D eigenvalue weighted by Gasteiger charge is 2.15. The van der Waals surface area contributed by atoms with Crippen molar-refractivity contribution in [2.45, 2.75) is 19.5 Å². The molecule has 0 spiro atoms. The minimum absolute atomic E-state index is 0.193. The van der Waals surface area contributed by atoms with E-state index in [-0.39, 0.29) is 5.91 Å². The Hall–Kier alpha value is -2.76. The molecule has 0 saturated heterocycles. The van der Waals surface area contributed by atoms with E-state index in [0.29, 0.717) is 5.56 Å². The zero-order valence-electron chi connectivity index (χ0n) is 15.0. The summed E-state index contributed by atoms with van der Waals surface area (Å²) >= 11 is 1.58. The molecule has 27 heavy (non-hydrogen) atoms. The van der Waals surface area contributed by atoms with Gasteiger partial charge in [0.15, 0.2) is 0 Å². The van der Waals surface area contributed by atoms with Gasteiger partial charge in [0.2, 0.25) is 0 Å². The van der Waals surface area contributed by atoms with Gasteiger partial charge in [0.1, 0.15) is 0 Å². The van der Waals surface area contributed by atoms with E-state index < -0.39 is 0 Å². The van der Waals surface area contributed by atoms with Gasteiger partial charge in [-0.15, -0.1) is 11.3 Å². The van der Waals surface area contributed by atoms with Crippen molar-refractivity contribution >= 4 is 23.5 Å². The second-order valence-electron chi connectivity index (χ2n) is 6.64. The predicted octanol–water partition coefficient (Wildman–Crippen LogP) is 4.07. The van der Waals surface area contributed by atoms with Gasteiger partial charge in [-0.1, -0.05) is 42.5 Å². The van der Waals surface area contributed by atoms with Gasteiger partial charge in [-0.3, -0.25) is 9.69 Å². The molecule has 1 aliphatic heterocycles. The second-order valence-corrected chi connectivity index (χ2v) is 7.62. The molecule has 0 aliphatic carbocycles. The van der Waals surface area contributed by atoms with Gasteiger partial charge in [0.05, 0.1) is 6.21 Å². The Morgan fingerprint density at radius 3 is 2.67 bits per heavy atom. The average Bonchev–Trinajstić information content (AvgIpc) is 3.22. The van der Waals surface area contributed by atoms with Crippen LogP contribution in [0.4, 0.5) is 0 Å². The van der Waals surface area contributed by atoms with Gasteiger partial charge >= 0.3 is 0 Å². The highest BCUT2D eigenvalue weighted by molar-refractivity contribution is 7.11. The summed E-state index contributed by atoms with van der Waals surface area (Å²) in [6.45, 7) is 2.94. The molecular formula is C22H21N3OS. The van der Waals surface area contributed by atoms with Gasteiger partial charge in [-0.05, 0) is 46.7 Å². The number of hydrogen-bond donors (Lipinski definition) is 1. The Kier molecular flexibility index (Phi) is 5.42. The number of hydrazone groups is 1. The number of fused-ring (bicyclic) bond motifs is 1. The lowest BCUT2D eigenvalue weighted by Crippen LogP contribution is -2.30. The molecule has 1 aromatic heterocycles. The zero-order valence-corrected chi connectivity index (χ0v) is 15.8. The number of amides is 1. The third-order valence-electron chi connectivity index (χ3n) is 4.73. The summed E-state index contributed by atoms with van der Waals surface area (Å²) in [6, 6.07) is 20.3. The largest absolute Gasteiger partial charge is 0.294 e. The van der Waals surface area contributed by atoms with Crippen LogP contribution in [-0.2, 0) is 19.5 Å². The zero-order chi connectivity index (χ0) is 18.5. The van der Waals surface area contributed by atoms with Gasteiger partial charge in [-0.2, -0.15) is 5.10 Å². The first-order chi connectivity index (χ1) is 13.3. The third kappa shape index (κ3) is 4.51. The Labute approximate surface area is 163 Å². The lowest BCUT2D eigenvalue weighted by Gasteiger charge is -2.28. The minimum Gasteiger partial charge on any atom is -0.294 e. The Bertz CT molecular complexity index is 932. The van der Waals surface area contributed by atoms with Crippen LogP contribution in [0, 0.1) is 0 Å². The molecule has 1 amide bonds. The molecule has 3 aromatic rings. The molecule has 1 aliphatic rings. The first-order valence-corrected chi connectivity index (χ1v) is 9.91. The summed E-state index contributed by atoms with van der Waals surface area (Å²) in [7, 11) is 0. The number of benzene rings is 2. The van der Waals surface area contributed by atoms with Gasteiger partial charge < -0.3 is 0 Å². The molecular weight excluding hydrogens is 354 g/mol. The number of rotatable bonds is 5. The molecule has 2 aromatic carbocycles. The molecule has 0 atom stereocenters. The van der Waals surface area contributed by atoms with Crippen LogP contribution in [0.15, 0.2) is 71.1 Å². The van der Waals surface area contributed by atoms with Crippen LogP contribution in [0.25, 0.3) is 0 Å². The molecule has 0 bridgehead atoms. The fourth-order valence-electron chi connectivity index (χ4n) is 3.29. The summed E-state index contributed by atoms with van der Waals surface area (Å²) < 4.78 is 0. The van der Waals surface area contributed by atoms with Gasteiger partial charge in [0.25, 0.3) is 5.91 Å². The molecule has 5 heteroatoms. The topological polar surface area (TPSA) is 44.7 Å². The number of nitrogens with one attached hydrogen (secondary N) is 1. The van der Waals surface area contributed by atoms with Crippen molar-refractivity contribution in [2.24, 2.45) is 5.10 Å². The maximum atomic E-state index is 12.2. The number of nitrogens with zero attached hydrogens (tertiary/aromatic N) is 2. The normalized spacial score (nSPS) is 14.2. The van der Waals surface area contributed by atoms with Crippen LogP contribution < -0.4 is 5.43 Å². The number of hydrogen-bond acceptors (Lipinski definition) is 4. The second kappa shape index (κ2) is 8.29. The van der Waals surface area contributed by atoms with E-state index in [9.17, 15) is 4.79 Å². The summed E-state index contributed by atoms with van der Waals surface area (Å²) in [6.07, 6.45) is 2.75.